The summed E-state index contributed by atoms with van der Waals surface area (Å²) in [6.07, 6.45) is 0. The lowest BCUT2D eigenvalue weighted by Gasteiger charge is -2.28. The first-order chi connectivity index (χ1) is 9.75. The van der Waals surface area contributed by atoms with E-state index in [0.717, 1.165) is 0 Å². The summed E-state index contributed by atoms with van der Waals surface area (Å²) in [4.78, 5) is 2.35. The van der Waals surface area contributed by atoms with Gasteiger partial charge in [-0.05, 0) is 93.5 Å². The summed E-state index contributed by atoms with van der Waals surface area (Å²) in [5.41, 5.74) is 12.2. The number of benzene rings is 2. The fourth-order valence-corrected chi connectivity index (χ4v) is 3.12. The van der Waals surface area contributed by atoms with Gasteiger partial charge in [-0.25, -0.2) is 0 Å². The van der Waals surface area contributed by atoms with Gasteiger partial charge in [0.15, 0.2) is 0 Å². The van der Waals surface area contributed by atoms with Crippen molar-refractivity contribution >= 4 is 11.4 Å². The first-order valence-electron chi connectivity index (χ1n) is 7.63. The fourth-order valence-electron chi connectivity index (χ4n) is 3.12. The molecule has 0 spiro atoms. The lowest BCUT2D eigenvalue weighted by atomic mass is 9.96. The van der Waals surface area contributed by atoms with Gasteiger partial charge in [-0.3, -0.25) is 0 Å². The Morgan fingerprint density at radius 3 is 1.67 bits per heavy atom. The number of anilines is 2. The lowest BCUT2D eigenvalue weighted by molar-refractivity contribution is 1.10. The third kappa shape index (κ3) is 2.57. The SMILES string of the molecule is Cc1ccc(N(C)c2c(C)c(C)cc(C)c2C)c(C)c1C. The first-order valence-corrected chi connectivity index (χ1v) is 7.63. The monoisotopic (exact) mass is 281 g/mol. The van der Waals surface area contributed by atoms with E-state index in [-0.39, 0.29) is 0 Å². The number of rotatable bonds is 2. The molecule has 0 fully saturated rings. The summed E-state index contributed by atoms with van der Waals surface area (Å²) >= 11 is 0. The Morgan fingerprint density at radius 1 is 0.619 bits per heavy atom. The summed E-state index contributed by atoms with van der Waals surface area (Å²) in [6.45, 7) is 15.5. The third-order valence-electron chi connectivity index (χ3n) is 5.05. The van der Waals surface area contributed by atoms with Crippen molar-refractivity contribution < 1.29 is 0 Å². The lowest BCUT2D eigenvalue weighted by Crippen LogP contribution is -2.15. The van der Waals surface area contributed by atoms with Gasteiger partial charge in [0, 0.05) is 18.4 Å². The number of nitrogens with zero attached hydrogens (tertiary/aromatic N) is 1. The van der Waals surface area contributed by atoms with Gasteiger partial charge < -0.3 is 4.90 Å². The molecular formula is C20H27N. The second kappa shape index (κ2) is 5.55. The molecule has 0 aliphatic rings. The van der Waals surface area contributed by atoms with Crippen molar-refractivity contribution in [2.45, 2.75) is 48.5 Å². The second-order valence-corrected chi connectivity index (χ2v) is 6.32. The van der Waals surface area contributed by atoms with Crippen LogP contribution in [0.2, 0.25) is 0 Å². The van der Waals surface area contributed by atoms with Crippen LogP contribution in [-0.4, -0.2) is 7.05 Å². The molecule has 0 aliphatic heterocycles. The van der Waals surface area contributed by atoms with E-state index in [2.05, 4.69) is 78.6 Å². The number of hydrogen-bond donors (Lipinski definition) is 0. The fraction of sp³-hybridized carbons (Fsp3) is 0.400. The molecule has 0 aliphatic carbocycles. The average Bonchev–Trinajstić information content (AvgIpc) is 2.43. The van der Waals surface area contributed by atoms with Crippen molar-refractivity contribution in [2.75, 3.05) is 11.9 Å². The van der Waals surface area contributed by atoms with Gasteiger partial charge in [-0.15, -0.1) is 0 Å². The summed E-state index contributed by atoms with van der Waals surface area (Å²) in [6, 6.07) is 6.75. The van der Waals surface area contributed by atoms with Crippen molar-refractivity contribution in [1.29, 1.82) is 0 Å². The zero-order valence-corrected chi connectivity index (χ0v) is 14.7. The highest BCUT2D eigenvalue weighted by Gasteiger charge is 2.16. The molecule has 0 saturated heterocycles. The summed E-state index contributed by atoms with van der Waals surface area (Å²) in [7, 11) is 2.19. The summed E-state index contributed by atoms with van der Waals surface area (Å²) < 4.78 is 0. The van der Waals surface area contributed by atoms with Crippen LogP contribution in [0.3, 0.4) is 0 Å². The van der Waals surface area contributed by atoms with E-state index in [9.17, 15) is 0 Å². The summed E-state index contributed by atoms with van der Waals surface area (Å²) in [5, 5.41) is 0. The van der Waals surface area contributed by atoms with E-state index in [1.54, 1.807) is 0 Å². The smallest absolute Gasteiger partial charge is 0.0472 e. The standard InChI is InChI=1S/C20H27N/c1-12-9-10-19(18(7)15(12)4)21(8)20-16(5)13(2)11-14(3)17(20)6/h9-11H,1-8H3. The maximum absolute atomic E-state index is 2.35. The van der Waals surface area contributed by atoms with Crippen LogP contribution in [0.5, 0.6) is 0 Å². The Balaban J connectivity index is 2.66. The van der Waals surface area contributed by atoms with Gasteiger partial charge in [0.25, 0.3) is 0 Å². The molecule has 112 valence electrons. The van der Waals surface area contributed by atoms with E-state index in [1.807, 2.05) is 0 Å². The maximum Gasteiger partial charge on any atom is 0.0472 e. The average molecular weight is 281 g/mol. The van der Waals surface area contributed by atoms with Crippen molar-refractivity contribution in [2.24, 2.45) is 0 Å². The normalized spacial score (nSPS) is 10.9. The van der Waals surface area contributed by atoms with Crippen LogP contribution in [0.15, 0.2) is 18.2 Å². The molecule has 0 radical (unpaired) electrons. The molecule has 0 saturated carbocycles. The number of hydrogen-bond acceptors (Lipinski definition) is 1. The highest BCUT2D eigenvalue weighted by Crippen LogP contribution is 2.36. The molecule has 2 aromatic carbocycles. The van der Waals surface area contributed by atoms with Crippen LogP contribution in [-0.2, 0) is 0 Å². The first kappa shape index (κ1) is 15.6. The van der Waals surface area contributed by atoms with E-state index < -0.39 is 0 Å². The van der Waals surface area contributed by atoms with E-state index in [4.69, 9.17) is 0 Å². The number of aryl methyl sites for hydroxylation is 3. The minimum atomic E-state index is 1.30. The molecule has 0 atom stereocenters. The van der Waals surface area contributed by atoms with Crippen LogP contribution >= 0.6 is 0 Å². The third-order valence-corrected chi connectivity index (χ3v) is 5.05. The van der Waals surface area contributed by atoms with E-state index >= 15 is 0 Å². The Hall–Kier alpha value is -1.76. The Labute approximate surface area is 129 Å². The minimum Gasteiger partial charge on any atom is -0.344 e. The van der Waals surface area contributed by atoms with Crippen LogP contribution in [0.4, 0.5) is 11.4 Å². The van der Waals surface area contributed by atoms with Crippen LogP contribution < -0.4 is 4.90 Å². The van der Waals surface area contributed by atoms with Crippen molar-refractivity contribution in [3.05, 3.63) is 57.1 Å². The maximum atomic E-state index is 2.35. The van der Waals surface area contributed by atoms with E-state index in [1.165, 1.54) is 50.3 Å². The zero-order valence-electron chi connectivity index (χ0n) is 14.7. The van der Waals surface area contributed by atoms with Gasteiger partial charge in [0.2, 0.25) is 0 Å². The van der Waals surface area contributed by atoms with Gasteiger partial charge in [-0.1, -0.05) is 12.1 Å². The van der Waals surface area contributed by atoms with Crippen molar-refractivity contribution in [3.63, 3.8) is 0 Å². The predicted molar refractivity (Wildman–Crippen MR) is 94.1 cm³/mol. The molecule has 0 aromatic heterocycles. The quantitative estimate of drug-likeness (QED) is 0.691. The second-order valence-electron chi connectivity index (χ2n) is 6.32. The highest BCUT2D eigenvalue weighted by atomic mass is 15.1. The van der Waals surface area contributed by atoms with Crippen molar-refractivity contribution in [3.8, 4) is 0 Å². The molecule has 0 N–H and O–H groups in total. The molecule has 1 heteroatoms. The molecular weight excluding hydrogens is 254 g/mol. The minimum absolute atomic E-state index is 1.30. The van der Waals surface area contributed by atoms with Gasteiger partial charge in [0.1, 0.15) is 0 Å². The van der Waals surface area contributed by atoms with Crippen LogP contribution in [0, 0.1) is 48.5 Å². The molecule has 0 heterocycles. The molecule has 2 aromatic rings. The van der Waals surface area contributed by atoms with Crippen LogP contribution in [0.25, 0.3) is 0 Å². The molecule has 21 heavy (non-hydrogen) atoms. The predicted octanol–water partition coefficient (Wildman–Crippen LogP) is 5.61. The molecule has 0 amide bonds. The Kier molecular flexibility index (Phi) is 4.13. The molecule has 2 rings (SSSR count). The van der Waals surface area contributed by atoms with Gasteiger partial charge in [-0.2, -0.15) is 0 Å². The Bertz CT molecular complexity index is 669. The topological polar surface area (TPSA) is 3.24 Å². The van der Waals surface area contributed by atoms with Gasteiger partial charge >= 0.3 is 0 Å². The molecule has 1 nitrogen and oxygen atoms in total. The zero-order chi connectivity index (χ0) is 15.9. The molecule has 0 unspecified atom stereocenters. The summed E-state index contributed by atoms with van der Waals surface area (Å²) in [5.74, 6) is 0. The van der Waals surface area contributed by atoms with Crippen LogP contribution in [0.1, 0.15) is 38.9 Å². The highest BCUT2D eigenvalue weighted by molar-refractivity contribution is 5.74. The van der Waals surface area contributed by atoms with Crippen molar-refractivity contribution in [1.82, 2.24) is 0 Å². The molecule has 0 bridgehead atoms. The Morgan fingerprint density at radius 2 is 1.14 bits per heavy atom. The van der Waals surface area contributed by atoms with Gasteiger partial charge in [0.05, 0.1) is 0 Å². The van der Waals surface area contributed by atoms with E-state index in [0.29, 0.717) is 0 Å². The largest absolute Gasteiger partial charge is 0.344 e.